The molecule has 2 atom stereocenters. The van der Waals surface area contributed by atoms with E-state index >= 15 is 0 Å². The highest BCUT2D eigenvalue weighted by atomic mass is 16.3. The molecule has 94 valence electrons. The minimum absolute atomic E-state index is 0.365. The number of likely N-dealkylation sites (tertiary alicyclic amines) is 1. The molecule has 0 spiro atoms. The monoisotopic (exact) mass is 235 g/mol. The number of amides is 1. The average molecular weight is 235 g/mol. The highest BCUT2D eigenvalue weighted by molar-refractivity contribution is 5.78. The standard InChI is InChI=1S/C14H21NO2/c16-12-2-1-3-15(12)13-10-4-9-5-11(13)8-14(17,6-9)7-10/h9-11,13,17H,1-8H2/t9?,10-,11-,13-,14+/m1/s1. The molecule has 4 bridgehead atoms. The van der Waals surface area contributed by atoms with Gasteiger partial charge >= 0.3 is 0 Å². The van der Waals surface area contributed by atoms with Gasteiger partial charge in [-0.25, -0.2) is 0 Å². The summed E-state index contributed by atoms with van der Waals surface area (Å²) < 4.78 is 0. The second-order valence-corrected chi connectivity index (χ2v) is 6.88. The molecule has 0 aromatic carbocycles. The van der Waals surface area contributed by atoms with Gasteiger partial charge in [-0.3, -0.25) is 4.79 Å². The molecule has 17 heavy (non-hydrogen) atoms. The van der Waals surface area contributed by atoms with Crippen molar-refractivity contribution in [3.05, 3.63) is 0 Å². The minimum Gasteiger partial charge on any atom is -0.390 e. The third-order valence-electron chi connectivity index (χ3n) is 5.66. The molecule has 5 fully saturated rings. The number of carbonyl (C=O) groups excluding carboxylic acids is 1. The molecule has 1 amide bonds. The predicted molar refractivity (Wildman–Crippen MR) is 63.2 cm³/mol. The summed E-state index contributed by atoms with van der Waals surface area (Å²) in [5.74, 6) is 2.29. The first-order valence-corrected chi connectivity index (χ1v) is 7.16. The first-order chi connectivity index (χ1) is 8.15. The van der Waals surface area contributed by atoms with Crippen LogP contribution >= 0.6 is 0 Å². The maximum absolute atomic E-state index is 11.9. The molecule has 0 aromatic heterocycles. The highest BCUT2D eigenvalue weighted by Crippen LogP contribution is 2.57. The van der Waals surface area contributed by atoms with Gasteiger partial charge in [0.25, 0.3) is 0 Å². The number of nitrogens with zero attached hydrogens (tertiary/aromatic N) is 1. The second-order valence-electron chi connectivity index (χ2n) is 6.88. The molecule has 1 aliphatic heterocycles. The van der Waals surface area contributed by atoms with E-state index in [1.165, 1.54) is 12.8 Å². The van der Waals surface area contributed by atoms with Crippen molar-refractivity contribution in [1.82, 2.24) is 4.90 Å². The first kappa shape index (κ1) is 10.4. The maximum Gasteiger partial charge on any atom is 0.222 e. The Labute approximate surface area is 102 Å². The molecule has 3 nitrogen and oxygen atoms in total. The zero-order chi connectivity index (χ0) is 11.6. The molecule has 0 unspecified atom stereocenters. The van der Waals surface area contributed by atoms with Crippen molar-refractivity contribution in [2.75, 3.05) is 6.54 Å². The Kier molecular flexibility index (Phi) is 1.98. The van der Waals surface area contributed by atoms with E-state index in [1.54, 1.807) is 0 Å². The van der Waals surface area contributed by atoms with E-state index in [2.05, 4.69) is 4.90 Å². The van der Waals surface area contributed by atoms with Gasteiger partial charge < -0.3 is 10.0 Å². The fraction of sp³-hybridized carbons (Fsp3) is 0.929. The third kappa shape index (κ3) is 1.41. The van der Waals surface area contributed by atoms with Crippen LogP contribution in [0.4, 0.5) is 0 Å². The van der Waals surface area contributed by atoms with Crippen LogP contribution in [-0.4, -0.2) is 34.1 Å². The van der Waals surface area contributed by atoms with Crippen molar-refractivity contribution in [1.29, 1.82) is 0 Å². The van der Waals surface area contributed by atoms with E-state index < -0.39 is 0 Å². The molecule has 4 aliphatic carbocycles. The lowest BCUT2D eigenvalue weighted by Gasteiger charge is -2.59. The van der Waals surface area contributed by atoms with Crippen molar-refractivity contribution in [2.45, 2.75) is 56.6 Å². The van der Waals surface area contributed by atoms with Gasteiger partial charge in [0.1, 0.15) is 0 Å². The summed E-state index contributed by atoms with van der Waals surface area (Å²) in [5, 5.41) is 10.5. The molecule has 1 N–H and O–H groups in total. The number of rotatable bonds is 1. The van der Waals surface area contributed by atoms with Gasteiger partial charge in [-0.2, -0.15) is 0 Å². The highest BCUT2D eigenvalue weighted by Gasteiger charge is 2.56. The lowest BCUT2D eigenvalue weighted by atomic mass is 9.52. The minimum atomic E-state index is -0.365. The smallest absolute Gasteiger partial charge is 0.222 e. The number of hydrogen-bond donors (Lipinski definition) is 1. The van der Waals surface area contributed by atoms with Crippen LogP contribution in [0.25, 0.3) is 0 Å². The molecule has 5 rings (SSSR count). The van der Waals surface area contributed by atoms with Crippen molar-refractivity contribution < 1.29 is 9.90 Å². The molecule has 4 saturated carbocycles. The van der Waals surface area contributed by atoms with Crippen LogP contribution in [-0.2, 0) is 4.79 Å². The van der Waals surface area contributed by atoms with Gasteiger partial charge in [0.2, 0.25) is 5.91 Å². The van der Waals surface area contributed by atoms with Crippen molar-refractivity contribution in [3.8, 4) is 0 Å². The lowest BCUT2D eigenvalue weighted by Crippen LogP contribution is -2.61. The van der Waals surface area contributed by atoms with E-state index in [4.69, 9.17) is 0 Å². The summed E-state index contributed by atoms with van der Waals surface area (Å²) in [6.07, 6.45) is 7.25. The lowest BCUT2D eigenvalue weighted by molar-refractivity contribution is -0.166. The van der Waals surface area contributed by atoms with E-state index in [0.717, 1.165) is 44.6 Å². The van der Waals surface area contributed by atoms with Gasteiger partial charge in [0.05, 0.1) is 5.60 Å². The van der Waals surface area contributed by atoms with Crippen LogP contribution in [0.3, 0.4) is 0 Å². The van der Waals surface area contributed by atoms with E-state index in [1.807, 2.05) is 0 Å². The Morgan fingerprint density at radius 1 is 1.18 bits per heavy atom. The predicted octanol–water partition coefficient (Wildman–Crippen LogP) is 1.55. The van der Waals surface area contributed by atoms with Crippen LogP contribution in [0.5, 0.6) is 0 Å². The molecule has 0 radical (unpaired) electrons. The summed E-state index contributed by atoms with van der Waals surface area (Å²) in [7, 11) is 0. The topological polar surface area (TPSA) is 40.5 Å². The maximum atomic E-state index is 11.9. The SMILES string of the molecule is O=C1CCCN1[C@H]1[C@@H]2CC3C[C@@H]1C[C@@](O)(C3)C2. The quantitative estimate of drug-likeness (QED) is 0.749. The van der Waals surface area contributed by atoms with Gasteiger partial charge in [0, 0.05) is 19.0 Å². The van der Waals surface area contributed by atoms with Crippen LogP contribution in [0.1, 0.15) is 44.9 Å². The largest absolute Gasteiger partial charge is 0.390 e. The molecule has 1 saturated heterocycles. The summed E-state index contributed by atoms with van der Waals surface area (Å²) >= 11 is 0. The Bertz CT molecular complexity index is 351. The summed E-state index contributed by atoms with van der Waals surface area (Å²) in [5.41, 5.74) is -0.365. The molecular weight excluding hydrogens is 214 g/mol. The van der Waals surface area contributed by atoms with Crippen LogP contribution in [0.2, 0.25) is 0 Å². The van der Waals surface area contributed by atoms with Crippen molar-refractivity contribution >= 4 is 5.91 Å². The van der Waals surface area contributed by atoms with Crippen LogP contribution < -0.4 is 0 Å². The summed E-state index contributed by atoms with van der Waals surface area (Å²) in [6.45, 7) is 0.972. The molecule has 3 heteroatoms. The Morgan fingerprint density at radius 2 is 1.88 bits per heavy atom. The summed E-state index contributed by atoms with van der Waals surface area (Å²) in [4.78, 5) is 14.1. The third-order valence-corrected chi connectivity index (χ3v) is 5.66. The second kappa shape index (κ2) is 3.25. The Morgan fingerprint density at radius 3 is 2.41 bits per heavy atom. The Hall–Kier alpha value is -0.570. The molecule has 1 heterocycles. The van der Waals surface area contributed by atoms with Gasteiger partial charge in [0.15, 0.2) is 0 Å². The zero-order valence-electron chi connectivity index (χ0n) is 10.3. The molecule has 0 aromatic rings. The average Bonchev–Trinajstić information content (AvgIpc) is 2.61. The zero-order valence-corrected chi connectivity index (χ0v) is 10.3. The van der Waals surface area contributed by atoms with E-state index in [-0.39, 0.29) is 5.60 Å². The number of aliphatic hydroxyl groups is 1. The molecule has 5 aliphatic rings. The normalized spacial score (nSPS) is 52.5. The first-order valence-electron chi connectivity index (χ1n) is 7.16. The fourth-order valence-corrected chi connectivity index (χ4v) is 5.45. The molecular formula is C14H21NO2. The van der Waals surface area contributed by atoms with E-state index in [9.17, 15) is 9.90 Å². The van der Waals surface area contributed by atoms with Gasteiger partial charge in [-0.05, 0) is 56.3 Å². The van der Waals surface area contributed by atoms with Gasteiger partial charge in [-0.1, -0.05) is 0 Å². The van der Waals surface area contributed by atoms with E-state index in [0.29, 0.717) is 23.8 Å². The van der Waals surface area contributed by atoms with Crippen LogP contribution in [0, 0.1) is 17.8 Å². The summed E-state index contributed by atoms with van der Waals surface area (Å²) in [6, 6.07) is 0.474. The van der Waals surface area contributed by atoms with Crippen molar-refractivity contribution in [3.63, 3.8) is 0 Å². The van der Waals surface area contributed by atoms with Gasteiger partial charge in [-0.15, -0.1) is 0 Å². The number of carbonyl (C=O) groups is 1. The fourth-order valence-electron chi connectivity index (χ4n) is 5.45. The van der Waals surface area contributed by atoms with Crippen LogP contribution in [0.15, 0.2) is 0 Å². The Balaban J connectivity index is 1.64. The number of hydrogen-bond acceptors (Lipinski definition) is 2. The van der Waals surface area contributed by atoms with Crippen molar-refractivity contribution in [2.24, 2.45) is 17.8 Å².